The van der Waals surface area contributed by atoms with Crippen LogP contribution in [-0.2, 0) is 0 Å². The fraction of sp³-hybridized carbons (Fsp3) is 0.400. The van der Waals surface area contributed by atoms with E-state index in [0.717, 1.165) is 45.6 Å². The van der Waals surface area contributed by atoms with Crippen LogP contribution in [0, 0.1) is 105 Å². The first-order valence-corrected chi connectivity index (χ1v) is 11.0. The minimum Gasteiger partial charge on any atom is -0.612 e. The second-order valence-corrected chi connectivity index (χ2v) is 8.52. The van der Waals surface area contributed by atoms with E-state index in [0.29, 0.717) is 0 Å². The summed E-state index contributed by atoms with van der Waals surface area (Å²) in [4.78, 5) is 0. The molecule has 4 aromatic rings. The van der Waals surface area contributed by atoms with Crippen molar-refractivity contribution in [2.45, 2.75) is 55.4 Å². The van der Waals surface area contributed by atoms with Crippen molar-refractivity contribution >= 4 is 14.2 Å². The predicted molar refractivity (Wildman–Crippen MR) is 126 cm³/mol. The normalized spacial score (nSPS) is 10.6. The van der Waals surface area contributed by atoms with Crippen LogP contribution in [0.5, 0.6) is 0 Å². The summed E-state index contributed by atoms with van der Waals surface area (Å²) >= 11 is 0. The third-order valence-corrected chi connectivity index (χ3v) is 5.36. The molecule has 35 heavy (non-hydrogen) atoms. The van der Waals surface area contributed by atoms with Gasteiger partial charge >= 0.3 is 14.2 Å². The van der Waals surface area contributed by atoms with Crippen molar-refractivity contribution in [2.75, 3.05) is 0 Å². The first kappa shape index (κ1) is 29.6. The molecule has 4 heterocycles. The molecule has 187 valence electrons. The number of nitrogens with one attached hydrogen (secondary N) is 4. The minimum atomic E-state index is -0.405. The van der Waals surface area contributed by atoms with Crippen molar-refractivity contribution in [2.24, 2.45) is 0 Å². The molecular formula is C20H32B2EuN12-2. The van der Waals surface area contributed by atoms with Crippen LogP contribution >= 0.6 is 0 Å². The van der Waals surface area contributed by atoms with Gasteiger partial charge in [0.2, 0.25) is 0 Å². The Hall–Kier alpha value is -1.61. The van der Waals surface area contributed by atoms with Gasteiger partial charge in [-0.15, -0.1) is 22.8 Å². The second kappa shape index (κ2) is 12.6. The molecule has 12 nitrogen and oxygen atoms in total. The molecule has 0 saturated heterocycles. The van der Waals surface area contributed by atoms with Crippen LogP contribution in [0.4, 0.5) is 0 Å². The summed E-state index contributed by atoms with van der Waals surface area (Å²) in [6.07, 6.45) is 0. The van der Waals surface area contributed by atoms with E-state index < -0.39 is 14.2 Å². The van der Waals surface area contributed by atoms with Gasteiger partial charge in [0.25, 0.3) is 0 Å². The van der Waals surface area contributed by atoms with Gasteiger partial charge in [-0.3, -0.25) is 18.4 Å². The van der Waals surface area contributed by atoms with Crippen molar-refractivity contribution in [3.63, 3.8) is 0 Å². The van der Waals surface area contributed by atoms with Crippen molar-refractivity contribution in [1.82, 2.24) is 31.1 Å². The zero-order valence-corrected chi connectivity index (χ0v) is 23.8. The largest absolute Gasteiger partial charge is 0.909 e. The molecule has 0 aliphatic heterocycles. The number of aryl methyl sites for hydroxylation is 8. The van der Waals surface area contributed by atoms with Gasteiger partial charge in [-0.25, -0.2) is 0 Å². The van der Waals surface area contributed by atoms with Gasteiger partial charge in [-0.05, 0) is 24.3 Å². The zero-order chi connectivity index (χ0) is 25.2. The summed E-state index contributed by atoms with van der Waals surface area (Å²) in [6, 6.07) is 7.93. The van der Waals surface area contributed by atoms with Gasteiger partial charge in [0.1, 0.15) is 22.8 Å². The standard InChI is InChI=1S/2C10H16BN6.Eu/c2*1-7-5-9(3)16(13-7)11(15-12)17-10(4)6-8(2)14-17;/h2*5-6,12,15H,1-4H3;/q2*-1;. The maximum absolute atomic E-state index is 7.48. The smallest absolute Gasteiger partial charge is 0.612 e. The van der Waals surface area contributed by atoms with E-state index in [-0.39, 0.29) is 49.4 Å². The van der Waals surface area contributed by atoms with Gasteiger partial charge in [0.05, 0.1) is 0 Å². The van der Waals surface area contributed by atoms with Crippen LogP contribution in [0.1, 0.15) is 45.6 Å². The van der Waals surface area contributed by atoms with E-state index >= 15 is 0 Å². The maximum atomic E-state index is 7.48. The van der Waals surface area contributed by atoms with Gasteiger partial charge in [0.15, 0.2) is 0 Å². The van der Waals surface area contributed by atoms with E-state index in [1.54, 1.807) is 18.4 Å². The molecule has 0 aromatic carbocycles. The van der Waals surface area contributed by atoms with Gasteiger partial charge in [-0.2, -0.15) is 0 Å². The maximum Gasteiger partial charge on any atom is 0.909 e. The van der Waals surface area contributed by atoms with Crippen molar-refractivity contribution < 1.29 is 67.7 Å². The summed E-state index contributed by atoms with van der Waals surface area (Å²) in [5.74, 6) is 15.0. The van der Waals surface area contributed by atoms with Crippen LogP contribution in [0.3, 0.4) is 0 Å². The Morgan fingerprint density at radius 3 is 0.829 bits per heavy atom. The summed E-state index contributed by atoms with van der Waals surface area (Å²) in [6.45, 7) is 15.6. The monoisotopic (exact) mass is 615 g/mol. The number of aromatic nitrogens is 8. The number of hydrogen-bond acceptors (Lipinski definition) is 2. The molecule has 0 bridgehead atoms. The Balaban J connectivity index is 0.000000240. The summed E-state index contributed by atoms with van der Waals surface area (Å²) in [5, 5.41) is 22.5. The second-order valence-electron chi connectivity index (χ2n) is 8.52. The van der Waals surface area contributed by atoms with Gasteiger partial charge < -0.3 is 42.8 Å². The molecule has 0 aliphatic carbocycles. The van der Waals surface area contributed by atoms with Crippen LogP contribution < -0.4 is 49.4 Å². The fourth-order valence-electron chi connectivity index (χ4n) is 4.03. The Bertz CT molecular complexity index is 1070. The molecule has 15 heteroatoms. The quantitative estimate of drug-likeness (QED) is 0.204. The molecule has 4 rings (SSSR count). The average molecular weight is 614 g/mol. The first-order valence-electron chi connectivity index (χ1n) is 11.0. The average Bonchev–Trinajstić information content (AvgIpc) is 3.47. The molecule has 0 aliphatic rings. The molecule has 4 N–H and O–H groups in total. The van der Waals surface area contributed by atoms with Gasteiger partial charge in [-0.1, -0.05) is 27.7 Å². The summed E-state index contributed by atoms with van der Waals surface area (Å²) in [5.41, 5.74) is 7.74. The van der Waals surface area contributed by atoms with E-state index in [2.05, 4.69) is 31.1 Å². The van der Waals surface area contributed by atoms with Crippen LogP contribution in [0.15, 0.2) is 24.3 Å². The predicted octanol–water partition coefficient (Wildman–Crippen LogP) is -1.30. The number of rotatable bonds is 6. The van der Waals surface area contributed by atoms with E-state index in [9.17, 15) is 0 Å². The van der Waals surface area contributed by atoms with Crippen LogP contribution in [0.25, 0.3) is 11.7 Å². The third-order valence-electron chi connectivity index (χ3n) is 5.36. The zero-order valence-electron chi connectivity index (χ0n) is 21.4. The summed E-state index contributed by atoms with van der Waals surface area (Å²) in [7, 11) is -0.810. The molecule has 1 radical (unpaired) electrons. The van der Waals surface area contributed by atoms with Crippen molar-refractivity contribution in [1.29, 1.82) is 0 Å². The van der Waals surface area contributed by atoms with Crippen molar-refractivity contribution in [3.05, 3.63) is 81.5 Å². The molecular weight excluding hydrogens is 582 g/mol. The Morgan fingerprint density at radius 2 is 0.714 bits per heavy atom. The fourth-order valence-corrected chi connectivity index (χ4v) is 4.03. The Kier molecular flexibility index (Phi) is 10.6. The first-order chi connectivity index (χ1) is 16.0. The molecule has 0 fully saturated rings. The topological polar surface area (TPSA) is 144 Å². The number of hydrogen-bond donors (Lipinski definition) is 2. The summed E-state index contributed by atoms with van der Waals surface area (Å²) < 4.78 is 7.06. The van der Waals surface area contributed by atoms with Gasteiger partial charge in [0, 0.05) is 77.1 Å². The molecule has 0 amide bonds. The minimum absolute atomic E-state index is 0. The Morgan fingerprint density at radius 1 is 0.514 bits per heavy atom. The van der Waals surface area contributed by atoms with E-state index in [1.165, 1.54) is 0 Å². The molecule has 0 atom stereocenters. The molecule has 0 unspecified atom stereocenters. The Labute approximate surface area is 247 Å². The van der Waals surface area contributed by atoms with Crippen LogP contribution in [0.2, 0.25) is 0 Å². The SMILES string of the molecule is Cc1cc(C)[n+](B(N[NH-])[n+]2[n-]c(C)cc2C)[n-]1.Cc1cc(C)[n+](B(N[NH-])[n+]2[n-]c(C)cc2C)[n-]1.[Eu]. The molecule has 4 aromatic heterocycles. The third kappa shape index (κ3) is 6.79. The number of nitrogens with zero attached hydrogens (tertiary/aromatic N) is 8. The van der Waals surface area contributed by atoms with Crippen molar-refractivity contribution in [3.8, 4) is 0 Å². The van der Waals surface area contributed by atoms with Crippen LogP contribution in [-0.4, -0.2) is 14.2 Å². The molecule has 0 saturated carbocycles. The van der Waals surface area contributed by atoms with E-state index in [1.807, 2.05) is 79.7 Å². The molecule has 0 spiro atoms. The van der Waals surface area contributed by atoms with E-state index in [4.69, 9.17) is 11.7 Å².